The monoisotopic (exact) mass is 464 g/mol. The Balaban J connectivity index is 1.80. The van der Waals surface area contributed by atoms with Crippen molar-refractivity contribution in [1.29, 1.82) is 0 Å². The Morgan fingerprint density at radius 3 is 2.35 bits per heavy atom. The summed E-state index contributed by atoms with van der Waals surface area (Å²) in [5.41, 5.74) is -0.902. The van der Waals surface area contributed by atoms with Crippen molar-refractivity contribution in [3.8, 4) is 10.7 Å². The quantitative estimate of drug-likeness (QED) is 0.337. The van der Waals surface area contributed by atoms with Crippen LogP contribution in [0.2, 0.25) is 0 Å². The van der Waals surface area contributed by atoms with Crippen molar-refractivity contribution in [2.45, 2.75) is 17.0 Å². The van der Waals surface area contributed by atoms with Crippen molar-refractivity contribution >= 4 is 34.1 Å². The molecule has 6 nitrogen and oxygen atoms in total. The van der Waals surface area contributed by atoms with Gasteiger partial charge in [0, 0.05) is 19.8 Å². The van der Waals surface area contributed by atoms with Crippen LogP contribution in [-0.4, -0.2) is 19.1 Å². The fourth-order valence-electron chi connectivity index (χ4n) is 2.99. The van der Waals surface area contributed by atoms with Gasteiger partial charge in [-0.05, 0) is 29.1 Å². The van der Waals surface area contributed by atoms with Crippen molar-refractivity contribution in [2.24, 2.45) is 14.1 Å². The number of aryl methyl sites for hydroxylation is 1. The average Bonchev–Trinajstić information content (AvgIpc) is 3.29. The maximum absolute atomic E-state index is 12.8. The summed E-state index contributed by atoms with van der Waals surface area (Å²) in [7, 11) is 2.90. The van der Waals surface area contributed by atoms with Gasteiger partial charge in [0.2, 0.25) is 0 Å². The van der Waals surface area contributed by atoms with Gasteiger partial charge in [0.15, 0.2) is 11.5 Å². The van der Waals surface area contributed by atoms with E-state index in [1.54, 1.807) is 0 Å². The first kappa shape index (κ1) is 21.3. The van der Waals surface area contributed by atoms with Crippen LogP contribution in [0.15, 0.2) is 56.4 Å². The highest BCUT2D eigenvalue weighted by molar-refractivity contribution is 7.98. The number of hydrogen-bond donors (Lipinski definition) is 0. The largest absolute Gasteiger partial charge is 0.416 e. The molecule has 0 radical (unpaired) electrons. The molecule has 3 heterocycles. The van der Waals surface area contributed by atoms with Crippen LogP contribution in [0.5, 0.6) is 0 Å². The van der Waals surface area contributed by atoms with Gasteiger partial charge in [-0.3, -0.25) is 13.9 Å². The number of alkyl halides is 3. The molecule has 0 atom stereocenters. The number of rotatable bonds is 4. The van der Waals surface area contributed by atoms with Crippen LogP contribution < -0.4 is 11.2 Å². The Bertz CT molecular complexity index is 1380. The van der Waals surface area contributed by atoms with E-state index in [1.807, 2.05) is 17.5 Å². The number of thioether (sulfide) groups is 1. The zero-order chi connectivity index (χ0) is 22.3. The molecular weight excluding hydrogens is 449 g/mol. The molecule has 4 aromatic rings. The SMILES string of the molecule is Cn1c(=O)c2c(SCc3ccc(C(F)(F)F)cc3)nc(-c3cccs3)nc2n(C)c1=O. The summed E-state index contributed by atoms with van der Waals surface area (Å²) in [6, 6.07) is 8.50. The summed E-state index contributed by atoms with van der Waals surface area (Å²) in [4.78, 5) is 35.0. The van der Waals surface area contributed by atoms with Gasteiger partial charge in [-0.25, -0.2) is 14.8 Å². The van der Waals surface area contributed by atoms with E-state index in [-0.39, 0.29) is 11.0 Å². The molecule has 0 amide bonds. The van der Waals surface area contributed by atoms with Gasteiger partial charge in [-0.15, -0.1) is 23.1 Å². The van der Waals surface area contributed by atoms with Crippen LogP contribution in [0, 0.1) is 0 Å². The van der Waals surface area contributed by atoms with Gasteiger partial charge in [-0.2, -0.15) is 13.2 Å². The van der Waals surface area contributed by atoms with Crippen LogP contribution in [0.3, 0.4) is 0 Å². The maximum atomic E-state index is 12.8. The topological polar surface area (TPSA) is 69.8 Å². The lowest BCUT2D eigenvalue weighted by molar-refractivity contribution is -0.137. The van der Waals surface area contributed by atoms with Crippen LogP contribution in [0.1, 0.15) is 11.1 Å². The Hall–Kier alpha value is -2.92. The lowest BCUT2D eigenvalue weighted by Crippen LogP contribution is -2.37. The minimum absolute atomic E-state index is 0.196. The Morgan fingerprint density at radius 2 is 1.74 bits per heavy atom. The molecule has 160 valence electrons. The third-order valence-electron chi connectivity index (χ3n) is 4.67. The number of halogens is 3. The van der Waals surface area contributed by atoms with Crippen LogP contribution in [0.4, 0.5) is 13.2 Å². The highest BCUT2D eigenvalue weighted by atomic mass is 32.2. The third-order valence-corrected chi connectivity index (χ3v) is 6.58. The van der Waals surface area contributed by atoms with Gasteiger partial charge in [0.1, 0.15) is 10.4 Å². The predicted molar refractivity (Wildman–Crippen MR) is 114 cm³/mol. The van der Waals surface area contributed by atoms with Crippen molar-refractivity contribution in [1.82, 2.24) is 19.1 Å². The van der Waals surface area contributed by atoms with Crippen LogP contribution in [-0.2, 0) is 26.0 Å². The van der Waals surface area contributed by atoms with Crippen molar-refractivity contribution in [3.63, 3.8) is 0 Å². The molecule has 0 aliphatic heterocycles. The second kappa shape index (κ2) is 7.97. The van der Waals surface area contributed by atoms with E-state index in [9.17, 15) is 22.8 Å². The summed E-state index contributed by atoms with van der Waals surface area (Å²) < 4.78 is 40.6. The van der Waals surface area contributed by atoms with Crippen LogP contribution >= 0.6 is 23.1 Å². The molecule has 0 N–H and O–H groups in total. The maximum Gasteiger partial charge on any atom is 0.416 e. The molecule has 0 spiro atoms. The molecule has 0 aliphatic rings. The first-order valence-corrected chi connectivity index (χ1v) is 10.8. The summed E-state index contributed by atoms with van der Waals surface area (Å²) >= 11 is 2.63. The molecule has 11 heteroatoms. The Morgan fingerprint density at radius 1 is 1.03 bits per heavy atom. The summed E-state index contributed by atoms with van der Waals surface area (Å²) in [5.74, 6) is 0.667. The Kier molecular flexibility index (Phi) is 5.48. The second-order valence-electron chi connectivity index (χ2n) is 6.72. The fraction of sp³-hybridized carbons (Fsp3) is 0.200. The summed E-state index contributed by atoms with van der Waals surface area (Å²) in [5, 5.41) is 2.42. The molecule has 0 aliphatic carbocycles. The lowest BCUT2D eigenvalue weighted by Gasteiger charge is -2.12. The molecule has 31 heavy (non-hydrogen) atoms. The number of benzene rings is 1. The molecular formula is C20H15F3N4O2S2. The highest BCUT2D eigenvalue weighted by Gasteiger charge is 2.30. The number of hydrogen-bond acceptors (Lipinski definition) is 6. The standard InChI is InChI=1S/C20H15F3N4O2S2/c1-26-16-14(18(28)27(2)19(26)29)17(25-15(24-16)13-4-3-9-30-13)31-10-11-5-7-12(8-6-11)20(21,22)23/h3-9H,10H2,1-2H3. The Labute approximate surface area is 182 Å². The van der Waals surface area contributed by atoms with E-state index in [0.29, 0.717) is 22.2 Å². The molecule has 0 bridgehead atoms. The van der Waals surface area contributed by atoms with Crippen molar-refractivity contribution < 1.29 is 13.2 Å². The van der Waals surface area contributed by atoms with Gasteiger partial charge in [0.05, 0.1) is 10.4 Å². The molecule has 4 rings (SSSR count). The first-order chi connectivity index (χ1) is 14.7. The molecule has 3 aromatic heterocycles. The molecule has 1 aromatic carbocycles. The van der Waals surface area contributed by atoms with E-state index in [2.05, 4.69) is 9.97 Å². The predicted octanol–water partition coefficient (Wildman–Crippen LogP) is 4.07. The number of thiophene rings is 1. The van der Waals surface area contributed by atoms with Gasteiger partial charge in [-0.1, -0.05) is 18.2 Å². The lowest BCUT2D eigenvalue weighted by atomic mass is 10.1. The first-order valence-electron chi connectivity index (χ1n) is 8.97. The summed E-state index contributed by atoms with van der Waals surface area (Å²) in [6.07, 6.45) is -4.40. The number of fused-ring (bicyclic) bond motifs is 1. The molecule has 0 fully saturated rings. The second-order valence-corrected chi connectivity index (χ2v) is 8.63. The number of nitrogens with zero attached hydrogens (tertiary/aromatic N) is 4. The van der Waals surface area contributed by atoms with E-state index in [1.165, 1.54) is 53.9 Å². The highest BCUT2D eigenvalue weighted by Crippen LogP contribution is 2.32. The molecule has 0 saturated carbocycles. The molecule has 0 unspecified atom stereocenters. The fourth-order valence-corrected chi connectivity index (χ4v) is 4.62. The normalized spacial score (nSPS) is 11.9. The molecule has 0 saturated heterocycles. The van der Waals surface area contributed by atoms with E-state index < -0.39 is 23.0 Å². The zero-order valence-electron chi connectivity index (χ0n) is 16.3. The summed E-state index contributed by atoms with van der Waals surface area (Å²) in [6.45, 7) is 0. The van der Waals surface area contributed by atoms with Crippen LogP contribution in [0.25, 0.3) is 21.7 Å². The van der Waals surface area contributed by atoms with Gasteiger partial charge < -0.3 is 0 Å². The van der Waals surface area contributed by atoms with Gasteiger partial charge in [0.25, 0.3) is 5.56 Å². The van der Waals surface area contributed by atoms with Crippen molar-refractivity contribution in [3.05, 3.63) is 73.7 Å². The van der Waals surface area contributed by atoms with Gasteiger partial charge >= 0.3 is 11.9 Å². The zero-order valence-corrected chi connectivity index (χ0v) is 17.9. The number of aromatic nitrogens is 4. The van der Waals surface area contributed by atoms with Crippen molar-refractivity contribution in [2.75, 3.05) is 0 Å². The smallest absolute Gasteiger partial charge is 0.280 e. The third kappa shape index (κ3) is 4.02. The average molecular weight is 464 g/mol. The van der Waals surface area contributed by atoms with E-state index >= 15 is 0 Å². The minimum atomic E-state index is -4.40. The van der Waals surface area contributed by atoms with E-state index in [0.717, 1.165) is 21.6 Å². The minimum Gasteiger partial charge on any atom is -0.280 e. The van der Waals surface area contributed by atoms with E-state index in [4.69, 9.17) is 0 Å².